The van der Waals surface area contributed by atoms with Gasteiger partial charge < -0.3 is 0 Å². The number of carbonyl (C=O) groups is 2. The van der Waals surface area contributed by atoms with Crippen molar-refractivity contribution < 1.29 is 9.59 Å². The zero-order valence-electron chi connectivity index (χ0n) is 10.0. The maximum absolute atomic E-state index is 12.5. The predicted octanol–water partition coefficient (Wildman–Crippen LogP) is 1.87. The van der Waals surface area contributed by atoms with Crippen LogP contribution in [0.15, 0.2) is 24.5 Å². The standard InChI is InChI=1S/C14H10N2O2/c1-7-3-5-15-11-9(7)13(17)10-8(2)4-6-16-12(10)14(11)18/h3-6H,1-2H3. The summed E-state index contributed by atoms with van der Waals surface area (Å²) in [5.74, 6) is -0.428. The molecular formula is C14H10N2O2. The van der Waals surface area contributed by atoms with Crippen molar-refractivity contribution in [2.75, 3.05) is 0 Å². The van der Waals surface area contributed by atoms with Gasteiger partial charge in [0.15, 0.2) is 5.78 Å². The summed E-state index contributed by atoms with van der Waals surface area (Å²) in [7, 11) is 0. The summed E-state index contributed by atoms with van der Waals surface area (Å²) in [6.07, 6.45) is 3.08. The molecule has 1 aliphatic carbocycles. The molecule has 0 saturated heterocycles. The van der Waals surface area contributed by atoms with E-state index >= 15 is 0 Å². The summed E-state index contributed by atoms with van der Waals surface area (Å²) in [4.78, 5) is 32.8. The summed E-state index contributed by atoms with van der Waals surface area (Å²) < 4.78 is 0. The molecule has 2 aromatic heterocycles. The second-order valence-corrected chi connectivity index (χ2v) is 4.36. The first kappa shape index (κ1) is 10.8. The minimum absolute atomic E-state index is 0.157. The highest BCUT2D eigenvalue weighted by Crippen LogP contribution is 2.28. The fourth-order valence-corrected chi connectivity index (χ4v) is 2.27. The second kappa shape index (κ2) is 3.57. The van der Waals surface area contributed by atoms with E-state index in [1.54, 1.807) is 24.5 Å². The zero-order valence-corrected chi connectivity index (χ0v) is 10.0. The highest BCUT2D eigenvalue weighted by atomic mass is 16.1. The Labute approximate surface area is 104 Å². The molecule has 0 N–H and O–H groups in total. The van der Waals surface area contributed by atoms with Crippen LogP contribution < -0.4 is 0 Å². The van der Waals surface area contributed by atoms with Crippen LogP contribution in [0.3, 0.4) is 0 Å². The fourth-order valence-electron chi connectivity index (χ4n) is 2.27. The van der Waals surface area contributed by atoms with Crippen LogP contribution >= 0.6 is 0 Å². The van der Waals surface area contributed by atoms with Crippen LogP contribution in [0.25, 0.3) is 0 Å². The lowest BCUT2D eigenvalue weighted by Gasteiger charge is -2.18. The average Bonchev–Trinajstić information content (AvgIpc) is 2.35. The van der Waals surface area contributed by atoms with E-state index in [4.69, 9.17) is 0 Å². The Morgan fingerprint density at radius 1 is 0.778 bits per heavy atom. The number of nitrogens with zero attached hydrogens (tertiary/aromatic N) is 2. The molecule has 0 radical (unpaired) electrons. The van der Waals surface area contributed by atoms with E-state index in [2.05, 4.69) is 9.97 Å². The minimum atomic E-state index is -0.271. The topological polar surface area (TPSA) is 59.9 Å². The molecule has 18 heavy (non-hydrogen) atoms. The first-order valence-corrected chi connectivity index (χ1v) is 5.62. The van der Waals surface area contributed by atoms with E-state index in [-0.39, 0.29) is 23.0 Å². The molecule has 0 bridgehead atoms. The number of rotatable bonds is 0. The number of aromatic nitrogens is 2. The van der Waals surface area contributed by atoms with Gasteiger partial charge >= 0.3 is 0 Å². The molecule has 0 fully saturated rings. The highest BCUT2D eigenvalue weighted by molar-refractivity contribution is 6.27. The van der Waals surface area contributed by atoms with Gasteiger partial charge in [0.25, 0.3) is 0 Å². The molecule has 0 spiro atoms. The van der Waals surface area contributed by atoms with Crippen LogP contribution in [0.5, 0.6) is 0 Å². The van der Waals surface area contributed by atoms with Crippen molar-refractivity contribution in [1.82, 2.24) is 9.97 Å². The average molecular weight is 238 g/mol. The minimum Gasteiger partial charge on any atom is -0.288 e. The summed E-state index contributed by atoms with van der Waals surface area (Å²) in [5.41, 5.74) is 2.79. The van der Waals surface area contributed by atoms with Crippen molar-refractivity contribution in [1.29, 1.82) is 0 Å². The van der Waals surface area contributed by atoms with Gasteiger partial charge in [0.2, 0.25) is 5.78 Å². The first-order valence-electron chi connectivity index (χ1n) is 5.62. The first-order chi connectivity index (χ1) is 8.61. The van der Waals surface area contributed by atoms with Crippen molar-refractivity contribution in [3.05, 3.63) is 58.2 Å². The molecule has 4 heteroatoms. The van der Waals surface area contributed by atoms with E-state index in [0.29, 0.717) is 11.1 Å². The number of aryl methyl sites for hydroxylation is 2. The monoisotopic (exact) mass is 238 g/mol. The Morgan fingerprint density at radius 2 is 1.22 bits per heavy atom. The summed E-state index contributed by atoms with van der Waals surface area (Å²) in [6, 6.07) is 3.47. The Balaban J connectivity index is 2.40. The van der Waals surface area contributed by atoms with E-state index in [1.807, 2.05) is 13.8 Å². The van der Waals surface area contributed by atoms with Gasteiger partial charge in [0.05, 0.1) is 11.1 Å². The van der Waals surface area contributed by atoms with Crippen LogP contribution in [-0.4, -0.2) is 21.5 Å². The van der Waals surface area contributed by atoms with Crippen molar-refractivity contribution in [2.45, 2.75) is 13.8 Å². The summed E-state index contributed by atoms with van der Waals surface area (Å²) in [5, 5.41) is 0. The third-order valence-corrected chi connectivity index (χ3v) is 3.20. The zero-order chi connectivity index (χ0) is 12.9. The van der Waals surface area contributed by atoms with Gasteiger partial charge in [-0.3, -0.25) is 19.6 Å². The lowest BCUT2D eigenvalue weighted by Crippen LogP contribution is -2.25. The third-order valence-electron chi connectivity index (χ3n) is 3.20. The molecule has 4 nitrogen and oxygen atoms in total. The molecule has 0 saturated carbocycles. The SMILES string of the molecule is Cc1ccnc2c1C(=O)c1c(C)ccnc1C2=O. The molecule has 1 aliphatic rings. The molecule has 0 aliphatic heterocycles. The van der Waals surface area contributed by atoms with Crippen LogP contribution in [0.1, 0.15) is 43.2 Å². The van der Waals surface area contributed by atoms with Crippen molar-refractivity contribution in [2.24, 2.45) is 0 Å². The lowest BCUT2D eigenvalue weighted by molar-refractivity contribution is 0.0970. The van der Waals surface area contributed by atoms with Gasteiger partial charge in [-0.05, 0) is 37.1 Å². The lowest BCUT2D eigenvalue weighted by atomic mass is 9.86. The number of hydrogen-bond acceptors (Lipinski definition) is 4. The smallest absolute Gasteiger partial charge is 0.231 e. The van der Waals surface area contributed by atoms with Gasteiger partial charge in [0, 0.05) is 12.4 Å². The van der Waals surface area contributed by atoms with Crippen LogP contribution in [0.4, 0.5) is 0 Å². The molecule has 0 amide bonds. The molecule has 0 aromatic carbocycles. The fraction of sp³-hybridized carbons (Fsp3) is 0.143. The number of carbonyl (C=O) groups excluding carboxylic acids is 2. The number of fused-ring (bicyclic) bond motifs is 2. The molecule has 88 valence electrons. The Morgan fingerprint density at radius 3 is 1.67 bits per heavy atom. The van der Waals surface area contributed by atoms with E-state index < -0.39 is 0 Å². The maximum atomic E-state index is 12.5. The van der Waals surface area contributed by atoms with Crippen molar-refractivity contribution in [3.63, 3.8) is 0 Å². The largest absolute Gasteiger partial charge is 0.288 e. The number of hydrogen-bond donors (Lipinski definition) is 0. The van der Waals surface area contributed by atoms with E-state index in [9.17, 15) is 9.59 Å². The Hall–Kier alpha value is -2.36. The predicted molar refractivity (Wildman–Crippen MR) is 64.8 cm³/mol. The molecule has 2 aromatic rings. The third kappa shape index (κ3) is 1.26. The van der Waals surface area contributed by atoms with Gasteiger partial charge in [0.1, 0.15) is 11.4 Å². The quantitative estimate of drug-likeness (QED) is 0.600. The molecular weight excluding hydrogens is 228 g/mol. The molecule has 0 atom stereocenters. The molecule has 2 heterocycles. The normalized spacial score (nSPS) is 13.2. The van der Waals surface area contributed by atoms with Crippen LogP contribution in [0.2, 0.25) is 0 Å². The van der Waals surface area contributed by atoms with E-state index in [0.717, 1.165) is 11.1 Å². The van der Waals surface area contributed by atoms with Crippen molar-refractivity contribution >= 4 is 11.6 Å². The summed E-state index contributed by atoms with van der Waals surface area (Å²) in [6.45, 7) is 3.62. The second-order valence-electron chi connectivity index (χ2n) is 4.36. The highest BCUT2D eigenvalue weighted by Gasteiger charge is 2.33. The number of pyridine rings is 2. The summed E-state index contributed by atoms with van der Waals surface area (Å²) >= 11 is 0. The number of ketones is 2. The van der Waals surface area contributed by atoms with Crippen LogP contribution in [0, 0.1) is 13.8 Å². The molecule has 3 rings (SSSR count). The van der Waals surface area contributed by atoms with Gasteiger partial charge in [-0.2, -0.15) is 0 Å². The van der Waals surface area contributed by atoms with Crippen molar-refractivity contribution in [3.8, 4) is 0 Å². The van der Waals surface area contributed by atoms with Gasteiger partial charge in [-0.1, -0.05) is 0 Å². The van der Waals surface area contributed by atoms with Gasteiger partial charge in [-0.15, -0.1) is 0 Å². The Bertz CT molecular complexity index is 647. The molecule has 0 unspecified atom stereocenters. The maximum Gasteiger partial charge on any atom is 0.231 e. The Kier molecular flexibility index (Phi) is 2.13. The van der Waals surface area contributed by atoms with Crippen LogP contribution in [-0.2, 0) is 0 Å². The van der Waals surface area contributed by atoms with E-state index in [1.165, 1.54) is 0 Å². The van der Waals surface area contributed by atoms with Gasteiger partial charge in [-0.25, -0.2) is 0 Å².